The van der Waals surface area contributed by atoms with Crippen LogP contribution in [0.3, 0.4) is 0 Å². The van der Waals surface area contributed by atoms with E-state index >= 15 is 0 Å². The van der Waals surface area contributed by atoms with Crippen LogP contribution in [0, 0.1) is 0 Å². The van der Waals surface area contributed by atoms with Crippen LogP contribution in [0.25, 0.3) is 11.2 Å². The summed E-state index contributed by atoms with van der Waals surface area (Å²) in [6, 6.07) is 5.42. The molecule has 2 aromatic heterocycles. The maximum atomic E-state index is 12.7. The van der Waals surface area contributed by atoms with Crippen LogP contribution < -0.4 is 4.90 Å². The van der Waals surface area contributed by atoms with Crippen molar-refractivity contribution >= 4 is 17.0 Å². The van der Waals surface area contributed by atoms with E-state index in [1.54, 1.807) is 18.5 Å². The quantitative estimate of drug-likeness (QED) is 0.761. The monoisotopic (exact) mass is 376 g/mol. The van der Waals surface area contributed by atoms with Crippen molar-refractivity contribution in [1.82, 2.24) is 24.8 Å². The van der Waals surface area contributed by atoms with Crippen molar-refractivity contribution in [2.75, 3.05) is 31.1 Å². The summed E-state index contributed by atoms with van der Waals surface area (Å²) in [7, 11) is 0. The Morgan fingerprint density at radius 1 is 0.963 bits per heavy atom. The first-order valence-electron chi connectivity index (χ1n) is 8.78. The van der Waals surface area contributed by atoms with Crippen LogP contribution in [-0.2, 0) is 12.7 Å². The summed E-state index contributed by atoms with van der Waals surface area (Å²) >= 11 is 0. The second-order valence-corrected chi connectivity index (χ2v) is 6.61. The van der Waals surface area contributed by atoms with Gasteiger partial charge in [0.25, 0.3) is 0 Å². The summed E-state index contributed by atoms with van der Waals surface area (Å²) in [4.78, 5) is 20.3. The first-order chi connectivity index (χ1) is 13.0. The van der Waals surface area contributed by atoms with Crippen molar-refractivity contribution in [3.05, 3.63) is 48.0 Å². The Labute approximate surface area is 154 Å². The van der Waals surface area contributed by atoms with E-state index in [1.165, 1.54) is 6.33 Å². The maximum Gasteiger partial charge on any atom is 0.416 e. The van der Waals surface area contributed by atoms with Crippen LogP contribution in [-0.4, -0.2) is 51.0 Å². The SMILES string of the molecule is FC(F)(F)c1ccc(CN2CCCN(c3ncnc4nc[nH]c34)CC2)cc1. The number of alkyl halides is 3. The van der Waals surface area contributed by atoms with Gasteiger partial charge in [-0.2, -0.15) is 13.2 Å². The average molecular weight is 376 g/mol. The molecule has 9 heteroatoms. The Hall–Kier alpha value is -2.68. The van der Waals surface area contributed by atoms with Gasteiger partial charge in [-0.05, 0) is 24.1 Å². The summed E-state index contributed by atoms with van der Waals surface area (Å²) in [6.07, 6.45) is -0.224. The number of imidazole rings is 1. The molecule has 3 aromatic rings. The zero-order valence-corrected chi connectivity index (χ0v) is 14.6. The fourth-order valence-electron chi connectivity index (χ4n) is 3.39. The van der Waals surface area contributed by atoms with Crippen molar-refractivity contribution in [3.63, 3.8) is 0 Å². The number of nitrogens with zero attached hydrogens (tertiary/aromatic N) is 5. The molecule has 1 aromatic carbocycles. The highest BCUT2D eigenvalue weighted by Gasteiger charge is 2.30. The molecule has 142 valence electrons. The average Bonchev–Trinajstić information content (AvgIpc) is 3.01. The molecule has 3 heterocycles. The molecule has 0 radical (unpaired) electrons. The molecule has 1 N–H and O–H groups in total. The second-order valence-electron chi connectivity index (χ2n) is 6.61. The van der Waals surface area contributed by atoms with Gasteiger partial charge in [0.05, 0.1) is 11.9 Å². The van der Waals surface area contributed by atoms with Crippen LogP contribution in [0.2, 0.25) is 0 Å². The van der Waals surface area contributed by atoms with Gasteiger partial charge in [0, 0.05) is 32.7 Å². The highest BCUT2D eigenvalue weighted by molar-refractivity contribution is 5.82. The number of fused-ring (bicyclic) bond motifs is 1. The number of hydrogen-bond acceptors (Lipinski definition) is 5. The number of aromatic amines is 1. The molecule has 1 fully saturated rings. The van der Waals surface area contributed by atoms with Gasteiger partial charge in [0.2, 0.25) is 0 Å². The van der Waals surface area contributed by atoms with Gasteiger partial charge in [-0.15, -0.1) is 0 Å². The molecule has 0 unspecified atom stereocenters. The van der Waals surface area contributed by atoms with Crippen LogP contribution in [0.15, 0.2) is 36.9 Å². The van der Waals surface area contributed by atoms with Gasteiger partial charge in [0.15, 0.2) is 11.5 Å². The van der Waals surface area contributed by atoms with E-state index < -0.39 is 11.7 Å². The Balaban J connectivity index is 1.42. The summed E-state index contributed by atoms with van der Waals surface area (Å²) in [5.74, 6) is 0.842. The lowest BCUT2D eigenvalue weighted by molar-refractivity contribution is -0.137. The third-order valence-corrected chi connectivity index (χ3v) is 4.78. The van der Waals surface area contributed by atoms with Crippen molar-refractivity contribution in [2.24, 2.45) is 0 Å². The van der Waals surface area contributed by atoms with Gasteiger partial charge in [-0.1, -0.05) is 12.1 Å². The third-order valence-electron chi connectivity index (χ3n) is 4.78. The summed E-state index contributed by atoms with van der Waals surface area (Å²) < 4.78 is 38.1. The molecule has 0 saturated carbocycles. The minimum absolute atomic E-state index is 0.611. The largest absolute Gasteiger partial charge is 0.416 e. The first-order valence-corrected chi connectivity index (χ1v) is 8.78. The van der Waals surface area contributed by atoms with Crippen LogP contribution in [0.5, 0.6) is 0 Å². The van der Waals surface area contributed by atoms with Gasteiger partial charge in [0.1, 0.15) is 11.8 Å². The van der Waals surface area contributed by atoms with E-state index in [4.69, 9.17) is 0 Å². The van der Waals surface area contributed by atoms with Crippen molar-refractivity contribution in [1.29, 1.82) is 0 Å². The zero-order chi connectivity index (χ0) is 18.9. The van der Waals surface area contributed by atoms with E-state index in [-0.39, 0.29) is 0 Å². The molecule has 4 rings (SSSR count). The Bertz CT molecular complexity index is 905. The summed E-state index contributed by atoms with van der Waals surface area (Å²) in [5.41, 5.74) is 1.75. The van der Waals surface area contributed by atoms with Crippen LogP contribution >= 0.6 is 0 Å². The second kappa shape index (κ2) is 7.15. The Morgan fingerprint density at radius 2 is 1.78 bits per heavy atom. The fraction of sp³-hybridized carbons (Fsp3) is 0.389. The predicted octanol–water partition coefficient (Wildman–Crippen LogP) is 3.08. The molecule has 1 saturated heterocycles. The molecular weight excluding hydrogens is 357 g/mol. The number of H-pyrrole nitrogens is 1. The molecule has 0 atom stereocenters. The highest BCUT2D eigenvalue weighted by atomic mass is 19.4. The molecule has 0 bridgehead atoms. The number of aromatic nitrogens is 4. The van der Waals surface area contributed by atoms with Crippen molar-refractivity contribution in [2.45, 2.75) is 19.1 Å². The van der Waals surface area contributed by atoms with Gasteiger partial charge >= 0.3 is 6.18 Å². The van der Waals surface area contributed by atoms with Gasteiger partial charge < -0.3 is 9.88 Å². The molecule has 0 aliphatic carbocycles. The number of rotatable bonds is 3. The van der Waals surface area contributed by atoms with Crippen molar-refractivity contribution in [3.8, 4) is 0 Å². The number of benzene rings is 1. The minimum Gasteiger partial charge on any atom is -0.353 e. The first kappa shape index (κ1) is 17.7. The number of anilines is 1. The summed E-state index contributed by atoms with van der Waals surface area (Å²) in [6.45, 7) is 3.96. The zero-order valence-electron chi connectivity index (χ0n) is 14.6. The number of nitrogens with one attached hydrogen (secondary N) is 1. The van der Waals surface area contributed by atoms with E-state index in [2.05, 4.69) is 29.7 Å². The lowest BCUT2D eigenvalue weighted by Gasteiger charge is -2.23. The number of hydrogen-bond donors (Lipinski definition) is 1. The van der Waals surface area contributed by atoms with E-state index in [1.807, 2.05) is 0 Å². The Morgan fingerprint density at radius 3 is 2.56 bits per heavy atom. The summed E-state index contributed by atoms with van der Waals surface area (Å²) in [5, 5.41) is 0. The maximum absolute atomic E-state index is 12.7. The normalized spacial score (nSPS) is 16.6. The molecule has 6 nitrogen and oxygen atoms in total. The lowest BCUT2D eigenvalue weighted by Crippen LogP contribution is -2.31. The lowest BCUT2D eigenvalue weighted by atomic mass is 10.1. The van der Waals surface area contributed by atoms with E-state index in [9.17, 15) is 13.2 Å². The minimum atomic E-state index is -4.29. The molecule has 0 amide bonds. The third kappa shape index (κ3) is 3.87. The van der Waals surface area contributed by atoms with Gasteiger partial charge in [-0.25, -0.2) is 15.0 Å². The van der Waals surface area contributed by atoms with E-state index in [0.717, 1.165) is 61.6 Å². The van der Waals surface area contributed by atoms with Crippen molar-refractivity contribution < 1.29 is 13.2 Å². The van der Waals surface area contributed by atoms with Gasteiger partial charge in [-0.3, -0.25) is 4.90 Å². The standard InChI is InChI=1S/C18H19F3N6/c19-18(20,21)14-4-2-13(3-5-14)10-26-6-1-7-27(9-8-26)17-15-16(23-11-22-15)24-12-25-17/h2-5,11-12H,1,6-10H2,(H,22,23,24,25). The van der Waals surface area contributed by atoms with Crippen LogP contribution in [0.1, 0.15) is 17.5 Å². The molecule has 1 aliphatic heterocycles. The molecular formula is C18H19F3N6. The molecule has 0 spiro atoms. The predicted molar refractivity (Wildman–Crippen MR) is 95.2 cm³/mol. The molecule has 1 aliphatic rings. The van der Waals surface area contributed by atoms with Crippen LogP contribution in [0.4, 0.5) is 19.0 Å². The number of halogens is 3. The van der Waals surface area contributed by atoms with E-state index in [0.29, 0.717) is 12.2 Å². The topological polar surface area (TPSA) is 60.9 Å². The highest BCUT2D eigenvalue weighted by Crippen LogP contribution is 2.29. The molecule has 27 heavy (non-hydrogen) atoms. The Kier molecular flexibility index (Phi) is 4.69. The smallest absolute Gasteiger partial charge is 0.353 e. The fourth-order valence-corrected chi connectivity index (χ4v) is 3.39.